The quantitative estimate of drug-likeness (QED) is 0.828. The number of rotatable bonds is 4. The molecule has 1 saturated heterocycles. The number of hydrogen-bond donors (Lipinski definition) is 2. The average Bonchev–Trinajstić information content (AvgIpc) is 3.24. The molecule has 1 unspecified atom stereocenters. The number of likely N-dealkylation sites (tertiary alicyclic amines) is 1. The van der Waals surface area contributed by atoms with Gasteiger partial charge in [0.05, 0.1) is 11.5 Å². The highest BCUT2D eigenvalue weighted by atomic mass is 16.6. The van der Waals surface area contributed by atoms with Crippen molar-refractivity contribution in [3.05, 3.63) is 23.8 Å². The van der Waals surface area contributed by atoms with Gasteiger partial charge >= 0.3 is 12.0 Å². The van der Waals surface area contributed by atoms with Crippen LogP contribution in [0.1, 0.15) is 44.7 Å². The number of hydrogen-bond acceptors (Lipinski definition) is 4. The number of amides is 2. The van der Waals surface area contributed by atoms with Gasteiger partial charge in [-0.15, -0.1) is 0 Å². The molecule has 1 aliphatic carbocycles. The SMILES string of the molecule is CC(C)C(NC(=O)N1C[C@@H]2CCC[C@@]2(C(=O)O)C1)c1ccc2c(c1)OCCO2. The summed E-state index contributed by atoms with van der Waals surface area (Å²) < 4.78 is 11.3. The summed E-state index contributed by atoms with van der Waals surface area (Å²) in [7, 11) is 0. The van der Waals surface area contributed by atoms with Gasteiger partial charge in [0, 0.05) is 13.1 Å². The molecule has 2 amide bonds. The van der Waals surface area contributed by atoms with Crippen LogP contribution in [0.3, 0.4) is 0 Å². The Bertz CT molecular complexity index is 780. The van der Waals surface area contributed by atoms with E-state index in [0.717, 1.165) is 24.2 Å². The minimum absolute atomic E-state index is 0.0579. The minimum Gasteiger partial charge on any atom is -0.486 e. The van der Waals surface area contributed by atoms with Crippen LogP contribution in [0.5, 0.6) is 11.5 Å². The first-order chi connectivity index (χ1) is 13.4. The van der Waals surface area contributed by atoms with Gasteiger partial charge in [0.15, 0.2) is 11.5 Å². The largest absolute Gasteiger partial charge is 0.486 e. The fourth-order valence-corrected chi connectivity index (χ4v) is 4.91. The molecular formula is C21H28N2O5. The predicted octanol–water partition coefficient (Wildman–Crippen LogP) is 3.05. The molecule has 2 fully saturated rings. The van der Waals surface area contributed by atoms with Gasteiger partial charge in [0.2, 0.25) is 0 Å². The number of nitrogens with zero attached hydrogens (tertiary/aromatic N) is 1. The number of aliphatic carboxylic acids is 1. The van der Waals surface area contributed by atoms with E-state index in [1.54, 1.807) is 4.90 Å². The molecule has 2 N–H and O–H groups in total. The van der Waals surface area contributed by atoms with Gasteiger partial charge in [0.1, 0.15) is 13.2 Å². The summed E-state index contributed by atoms with van der Waals surface area (Å²) in [6.07, 6.45) is 2.47. The zero-order valence-electron chi connectivity index (χ0n) is 16.4. The highest BCUT2D eigenvalue weighted by Gasteiger charge is 2.55. The van der Waals surface area contributed by atoms with Crippen molar-refractivity contribution < 1.29 is 24.2 Å². The highest BCUT2D eigenvalue weighted by Crippen LogP contribution is 2.49. The molecule has 28 heavy (non-hydrogen) atoms. The van der Waals surface area contributed by atoms with Crippen LogP contribution in [0, 0.1) is 17.3 Å². The molecule has 1 aromatic carbocycles. The Morgan fingerprint density at radius 1 is 1.25 bits per heavy atom. The van der Waals surface area contributed by atoms with E-state index in [1.807, 2.05) is 18.2 Å². The van der Waals surface area contributed by atoms with E-state index in [-0.39, 0.29) is 23.9 Å². The maximum atomic E-state index is 13.0. The molecule has 3 aliphatic rings. The third-order valence-electron chi connectivity index (χ3n) is 6.45. The molecule has 152 valence electrons. The van der Waals surface area contributed by atoms with E-state index in [2.05, 4.69) is 19.2 Å². The lowest BCUT2D eigenvalue weighted by atomic mass is 9.81. The average molecular weight is 388 g/mol. The zero-order valence-corrected chi connectivity index (χ0v) is 16.4. The van der Waals surface area contributed by atoms with Crippen LogP contribution in [0.2, 0.25) is 0 Å². The van der Waals surface area contributed by atoms with Gasteiger partial charge in [-0.25, -0.2) is 4.79 Å². The number of nitrogens with one attached hydrogen (secondary N) is 1. The number of carbonyl (C=O) groups is 2. The first-order valence-corrected chi connectivity index (χ1v) is 10.1. The normalized spacial score (nSPS) is 26.8. The second-order valence-corrected chi connectivity index (χ2v) is 8.51. The van der Waals surface area contributed by atoms with Crippen molar-refractivity contribution in [2.24, 2.45) is 17.3 Å². The molecule has 0 aromatic heterocycles. The Morgan fingerprint density at radius 3 is 2.68 bits per heavy atom. The van der Waals surface area contributed by atoms with Crippen molar-refractivity contribution in [3.63, 3.8) is 0 Å². The van der Waals surface area contributed by atoms with Crippen LogP contribution in [0.15, 0.2) is 18.2 Å². The van der Waals surface area contributed by atoms with Crippen molar-refractivity contribution in [2.45, 2.75) is 39.2 Å². The van der Waals surface area contributed by atoms with Gasteiger partial charge in [-0.3, -0.25) is 4.79 Å². The summed E-state index contributed by atoms with van der Waals surface area (Å²) in [5, 5.41) is 12.9. The molecule has 7 nitrogen and oxygen atoms in total. The van der Waals surface area contributed by atoms with E-state index in [1.165, 1.54) is 0 Å². The van der Waals surface area contributed by atoms with Crippen molar-refractivity contribution in [2.75, 3.05) is 26.3 Å². The van der Waals surface area contributed by atoms with Gasteiger partial charge in [-0.05, 0) is 42.4 Å². The van der Waals surface area contributed by atoms with Crippen molar-refractivity contribution >= 4 is 12.0 Å². The first-order valence-electron chi connectivity index (χ1n) is 10.1. The maximum absolute atomic E-state index is 13.0. The standard InChI is InChI=1S/C21H28N2O5/c1-13(2)18(14-5-6-16-17(10-14)28-9-8-27-16)22-20(26)23-11-15-4-3-7-21(15,12-23)19(24)25/h5-6,10,13,15,18H,3-4,7-9,11-12H2,1-2H3,(H,22,26)(H,24,25)/t15-,18?,21+/m0/s1. The number of benzene rings is 1. The lowest BCUT2D eigenvalue weighted by molar-refractivity contribution is -0.149. The summed E-state index contributed by atoms with van der Waals surface area (Å²) in [6.45, 7) is 5.98. The van der Waals surface area contributed by atoms with E-state index in [9.17, 15) is 14.7 Å². The van der Waals surface area contributed by atoms with Gasteiger partial charge in [-0.1, -0.05) is 26.3 Å². The lowest BCUT2D eigenvalue weighted by Crippen LogP contribution is -2.44. The highest BCUT2D eigenvalue weighted by molar-refractivity contribution is 5.80. The monoisotopic (exact) mass is 388 g/mol. The van der Waals surface area contributed by atoms with Crippen molar-refractivity contribution in [1.29, 1.82) is 0 Å². The lowest BCUT2D eigenvalue weighted by Gasteiger charge is -2.28. The van der Waals surface area contributed by atoms with Gasteiger partial charge in [0.25, 0.3) is 0 Å². The third-order valence-corrected chi connectivity index (χ3v) is 6.45. The Hall–Kier alpha value is -2.44. The topological polar surface area (TPSA) is 88.1 Å². The van der Waals surface area contributed by atoms with Crippen LogP contribution < -0.4 is 14.8 Å². The Labute approximate surface area is 165 Å². The van der Waals surface area contributed by atoms with Crippen molar-refractivity contribution in [3.8, 4) is 11.5 Å². The molecule has 1 saturated carbocycles. The molecule has 0 bridgehead atoms. The molecule has 4 rings (SSSR count). The summed E-state index contributed by atoms with van der Waals surface area (Å²) in [6, 6.07) is 5.38. The number of ether oxygens (including phenoxy) is 2. The number of carboxylic acid groups (broad SMARTS) is 1. The number of fused-ring (bicyclic) bond motifs is 2. The second kappa shape index (κ2) is 7.18. The van der Waals surface area contributed by atoms with Crippen LogP contribution in [-0.2, 0) is 4.79 Å². The fraction of sp³-hybridized carbons (Fsp3) is 0.619. The van der Waals surface area contributed by atoms with Gasteiger partial charge < -0.3 is 24.8 Å². The molecule has 3 atom stereocenters. The van der Waals surface area contributed by atoms with Crippen molar-refractivity contribution in [1.82, 2.24) is 10.2 Å². The van der Waals surface area contributed by atoms with E-state index < -0.39 is 11.4 Å². The number of carbonyl (C=O) groups excluding carboxylic acids is 1. The smallest absolute Gasteiger partial charge is 0.317 e. The molecule has 2 aliphatic heterocycles. The van der Waals surface area contributed by atoms with Crippen LogP contribution in [0.4, 0.5) is 4.79 Å². The first kappa shape index (κ1) is 18.9. The van der Waals surface area contributed by atoms with Crippen LogP contribution in [0.25, 0.3) is 0 Å². The predicted molar refractivity (Wildman–Crippen MR) is 103 cm³/mol. The summed E-state index contributed by atoms with van der Waals surface area (Å²) in [5.74, 6) is 0.880. The maximum Gasteiger partial charge on any atom is 0.317 e. The van der Waals surface area contributed by atoms with Crippen LogP contribution >= 0.6 is 0 Å². The summed E-state index contributed by atoms with van der Waals surface area (Å²) in [4.78, 5) is 26.5. The minimum atomic E-state index is -0.766. The molecule has 2 heterocycles. The Morgan fingerprint density at radius 2 is 2.00 bits per heavy atom. The van der Waals surface area contributed by atoms with E-state index in [0.29, 0.717) is 38.5 Å². The zero-order chi connectivity index (χ0) is 19.9. The van der Waals surface area contributed by atoms with E-state index in [4.69, 9.17) is 9.47 Å². The number of urea groups is 1. The molecule has 0 radical (unpaired) electrons. The summed E-state index contributed by atoms with van der Waals surface area (Å²) in [5.41, 5.74) is 0.196. The Kier molecular flexibility index (Phi) is 4.85. The molecule has 7 heteroatoms. The Balaban J connectivity index is 1.50. The van der Waals surface area contributed by atoms with Gasteiger partial charge in [-0.2, -0.15) is 0 Å². The van der Waals surface area contributed by atoms with E-state index >= 15 is 0 Å². The van der Waals surface area contributed by atoms with Crippen LogP contribution in [-0.4, -0.2) is 48.3 Å². The fourth-order valence-electron chi connectivity index (χ4n) is 4.91. The third kappa shape index (κ3) is 3.16. The number of carboxylic acids is 1. The molecular weight excluding hydrogens is 360 g/mol. The summed E-state index contributed by atoms with van der Waals surface area (Å²) >= 11 is 0. The molecule has 0 spiro atoms. The second-order valence-electron chi connectivity index (χ2n) is 8.51. The molecule has 1 aromatic rings.